The second-order valence-corrected chi connectivity index (χ2v) is 8.48. The van der Waals surface area contributed by atoms with E-state index in [2.05, 4.69) is 13.8 Å². The fourth-order valence-corrected chi connectivity index (χ4v) is 2.65. The molecule has 0 aromatic rings. The molecule has 0 saturated heterocycles. The Labute approximate surface area is 153 Å². The van der Waals surface area contributed by atoms with Gasteiger partial charge in [0.25, 0.3) is 0 Å². The summed E-state index contributed by atoms with van der Waals surface area (Å²) in [7, 11) is 3.29. The summed E-state index contributed by atoms with van der Waals surface area (Å²) in [6.45, 7) is 13.5. The molecule has 0 unspecified atom stereocenters. The molecule has 0 fully saturated rings. The number of carbonyl (C=O) groups excluding carboxylic acids is 2. The third-order valence-corrected chi connectivity index (χ3v) is 4.08. The zero-order chi connectivity index (χ0) is 19.9. The number of ether oxygens (including phenoxy) is 2. The molecular weight excluding hydrogens is 320 g/mol. The van der Waals surface area contributed by atoms with E-state index < -0.39 is 17.7 Å². The highest BCUT2D eigenvalue weighted by Crippen LogP contribution is 2.21. The zero-order valence-electron chi connectivity index (χ0n) is 17.5. The van der Waals surface area contributed by atoms with Crippen molar-refractivity contribution in [2.45, 2.75) is 85.1 Å². The van der Waals surface area contributed by atoms with Gasteiger partial charge in [0.1, 0.15) is 5.60 Å². The van der Waals surface area contributed by atoms with Crippen LogP contribution in [0.15, 0.2) is 0 Å². The van der Waals surface area contributed by atoms with Crippen LogP contribution in [-0.4, -0.2) is 54.7 Å². The Balaban J connectivity index is 5.31. The number of amides is 1. The molecule has 2 N–H and O–H groups in total. The molecular formula is C19H38N2O4. The molecule has 0 aliphatic heterocycles. The number of likely N-dealkylation sites (N-methyl/N-ethyl adjacent to an activating group) is 1. The number of rotatable bonds is 9. The Bertz CT molecular complexity index is 430. The van der Waals surface area contributed by atoms with Crippen molar-refractivity contribution in [2.75, 3.05) is 14.2 Å². The van der Waals surface area contributed by atoms with Crippen LogP contribution in [0.2, 0.25) is 0 Å². The van der Waals surface area contributed by atoms with Crippen molar-refractivity contribution < 1.29 is 19.1 Å². The van der Waals surface area contributed by atoms with Gasteiger partial charge in [0, 0.05) is 14.2 Å². The molecule has 0 saturated carbocycles. The normalized spacial score (nSPS) is 15.8. The van der Waals surface area contributed by atoms with Gasteiger partial charge >= 0.3 is 5.97 Å². The van der Waals surface area contributed by atoms with Crippen LogP contribution in [0.5, 0.6) is 0 Å². The topological polar surface area (TPSA) is 81.9 Å². The zero-order valence-corrected chi connectivity index (χ0v) is 17.5. The van der Waals surface area contributed by atoms with Crippen LogP contribution in [0.25, 0.3) is 0 Å². The fourth-order valence-electron chi connectivity index (χ4n) is 2.65. The van der Waals surface area contributed by atoms with E-state index in [1.54, 1.807) is 19.1 Å². The quantitative estimate of drug-likeness (QED) is 0.641. The minimum Gasteiger partial charge on any atom is -0.460 e. The second-order valence-electron chi connectivity index (χ2n) is 8.48. The maximum Gasteiger partial charge on any atom is 0.309 e. The molecule has 0 radical (unpaired) electrons. The number of nitrogens with two attached hydrogens (primary N) is 1. The predicted molar refractivity (Wildman–Crippen MR) is 100 cm³/mol. The number of esters is 1. The Morgan fingerprint density at radius 1 is 1.12 bits per heavy atom. The third-order valence-electron chi connectivity index (χ3n) is 4.08. The first-order valence-corrected chi connectivity index (χ1v) is 9.07. The molecule has 3 atom stereocenters. The summed E-state index contributed by atoms with van der Waals surface area (Å²) in [4.78, 5) is 26.5. The number of methoxy groups -OCH3 is 1. The molecule has 0 heterocycles. The summed E-state index contributed by atoms with van der Waals surface area (Å²) >= 11 is 0. The van der Waals surface area contributed by atoms with E-state index >= 15 is 0 Å². The average molecular weight is 359 g/mol. The summed E-state index contributed by atoms with van der Waals surface area (Å²) in [6, 6.07) is -0.812. The summed E-state index contributed by atoms with van der Waals surface area (Å²) < 4.78 is 11.0. The summed E-state index contributed by atoms with van der Waals surface area (Å²) in [6.07, 6.45) is 0.374. The Morgan fingerprint density at radius 3 is 2.00 bits per heavy atom. The fraction of sp³-hybridized carbons (Fsp3) is 0.895. The van der Waals surface area contributed by atoms with Crippen LogP contribution in [0.1, 0.15) is 61.3 Å². The highest BCUT2D eigenvalue weighted by molar-refractivity contribution is 5.82. The minimum atomic E-state index is -0.571. The van der Waals surface area contributed by atoms with Crippen molar-refractivity contribution in [2.24, 2.45) is 17.6 Å². The van der Waals surface area contributed by atoms with Crippen LogP contribution >= 0.6 is 0 Å². The second kappa shape index (κ2) is 10.1. The molecule has 0 aromatic carbocycles. The molecule has 25 heavy (non-hydrogen) atoms. The number of carbonyl (C=O) groups is 2. The molecule has 0 aromatic heterocycles. The van der Waals surface area contributed by atoms with Gasteiger partial charge < -0.3 is 20.1 Å². The van der Waals surface area contributed by atoms with Gasteiger partial charge in [-0.05, 0) is 39.0 Å². The van der Waals surface area contributed by atoms with Crippen LogP contribution in [0.4, 0.5) is 0 Å². The van der Waals surface area contributed by atoms with Gasteiger partial charge in [-0.25, -0.2) is 0 Å². The standard InChI is InChI=1S/C19H38N2O4/c1-12(2)10-14(21(8)18(23)17(20)13(3)4)15(24-9)11-16(22)25-19(5,6)7/h12-15,17H,10-11,20H2,1-9H3/t14-,15+,17-/m0/s1. The molecule has 0 aliphatic carbocycles. The molecule has 0 spiro atoms. The van der Waals surface area contributed by atoms with Gasteiger partial charge in [-0.3, -0.25) is 9.59 Å². The lowest BCUT2D eigenvalue weighted by molar-refractivity contribution is -0.160. The van der Waals surface area contributed by atoms with Gasteiger partial charge in [0.15, 0.2) is 0 Å². The SMILES string of the molecule is CO[C@H](CC(=O)OC(C)(C)C)[C@H](CC(C)C)N(C)C(=O)[C@@H](N)C(C)C. The van der Waals surface area contributed by atoms with Crippen LogP contribution in [0, 0.1) is 11.8 Å². The van der Waals surface area contributed by atoms with Crippen LogP contribution in [-0.2, 0) is 19.1 Å². The van der Waals surface area contributed by atoms with Gasteiger partial charge in [-0.2, -0.15) is 0 Å². The first-order chi connectivity index (χ1) is 11.3. The molecule has 0 rings (SSSR count). The lowest BCUT2D eigenvalue weighted by Gasteiger charge is -2.37. The number of nitrogens with zero attached hydrogens (tertiary/aromatic N) is 1. The van der Waals surface area contributed by atoms with E-state index in [9.17, 15) is 9.59 Å². The van der Waals surface area contributed by atoms with E-state index in [1.807, 2.05) is 34.6 Å². The van der Waals surface area contributed by atoms with Gasteiger partial charge in [-0.1, -0.05) is 27.7 Å². The Hall–Kier alpha value is -1.14. The first kappa shape index (κ1) is 23.9. The lowest BCUT2D eigenvalue weighted by Crippen LogP contribution is -2.53. The molecule has 6 nitrogen and oxygen atoms in total. The van der Waals surface area contributed by atoms with E-state index in [1.165, 1.54) is 0 Å². The van der Waals surface area contributed by atoms with Gasteiger partial charge in [-0.15, -0.1) is 0 Å². The maximum absolute atomic E-state index is 12.7. The highest BCUT2D eigenvalue weighted by Gasteiger charge is 2.34. The van der Waals surface area contributed by atoms with Crippen molar-refractivity contribution in [1.29, 1.82) is 0 Å². The van der Waals surface area contributed by atoms with Crippen LogP contribution < -0.4 is 5.73 Å². The average Bonchev–Trinajstić information content (AvgIpc) is 2.46. The van der Waals surface area contributed by atoms with E-state index in [4.69, 9.17) is 15.2 Å². The number of hydrogen-bond acceptors (Lipinski definition) is 5. The lowest BCUT2D eigenvalue weighted by atomic mass is 9.94. The Morgan fingerprint density at radius 2 is 1.64 bits per heavy atom. The molecule has 148 valence electrons. The third kappa shape index (κ3) is 8.68. The van der Waals surface area contributed by atoms with Crippen LogP contribution in [0.3, 0.4) is 0 Å². The van der Waals surface area contributed by atoms with Gasteiger partial charge in [0.05, 0.1) is 24.6 Å². The minimum absolute atomic E-state index is 0.0431. The summed E-state index contributed by atoms with van der Waals surface area (Å²) in [5.74, 6) is -0.0812. The predicted octanol–water partition coefficient (Wildman–Crippen LogP) is 2.59. The van der Waals surface area contributed by atoms with E-state index in [0.29, 0.717) is 12.3 Å². The van der Waals surface area contributed by atoms with Crippen molar-refractivity contribution in [1.82, 2.24) is 4.90 Å². The molecule has 1 amide bonds. The molecule has 0 aliphatic rings. The van der Waals surface area contributed by atoms with Crippen molar-refractivity contribution in [3.63, 3.8) is 0 Å². The monoisotopic (exact) mass is 358 g/mol. The van der Waals surface area contributed by atoms with Gasteiger partial charge in [0.2, 0.25) is 5.91 Å². The Kier molecular flexibility index (Phi) is 9.66. The van der Waals surface area contributed by atoms with Crippen molar-refractivity contribution >= 4 is 11.9 Å². The smallest absolute Gasteiger partial charge is 0.309 e. The summed E-state index contributed by atoms with van der Waals surface area (Å²) in [5, 5.41) is 0. The molecule has 0 bridgehead atoms. The maximum atomic E-state index is 12.7. The molecule has 6 heteroatoms. The first-order valence-electron chi connectivity index (χ1n) is 9.07. The van der Waals surface area contributed by atoms with Crippen molar-refractivity contribution in [3.05, 3.63) is 0 Å². The van der Waals surface area contributed by atoms with E-state index in [-0.39, 0.29) is 30.3 Å². The highest BCUT2D eigenvalue weighted by atomic mass is 16.6. The van der Waals surface area contributed by atoms with Crippen molar-refractivity contribution in [3.8, 4) is 0 Å². The summed E-state index contributed by atoms with van der Waals surface area (Å²) in [5.41, 5.74) is 5.48. The number of hydrogen-bond donors (Lipinski definition) is 1. The largest absolute Gasteiger partial charge is 0.460 e. The van der Waals surface area contributed by atoms with E-state index in [0.717, 1.165) is 0 Å².